The number of amides is 1. The number of nitrogens with one attached hydrogen (secondary N) is 1. The van der Waals surface area contributed by atoms with Gasteiger partial charge in [-0.3, -0.25) is 4.79 Å². The maximum Gasteiger partial charge on any atom is 0.227 e. The lowest BCUT2D eigenvalue weighted by atomic mass is 9.86. The second kappa shape index (κ2) is 6.35. The van der Waals surface area contributed by atoms with E-state index in [0.717, 1.165) is 0 Å². The van der Waals surface area contributed by atoms with Gasteiger partial charge in [0.1, 0.15) is 5.82 Å². The molecule has 3 N–H and O–H groups in total. The Bertz CT molecular complexity index is 457. The smallest absolute Gasteiger partial charge is 0.227 e. The van der Waals surface area contributed by atoms with Crippen molar-refractivity contribution < 1.29 is 9.18 Å². The molecule has 106 valence electrons. The fourth-order valence-electron chi connectivity index (χ4n) is 1.91. The van der Waals surface area contributed by atoms with Gasteiger partial charge in [-0.1, -0.05) is 17.7 Å². The van der Waals surface area contributed by atoms with Gasteiger partial charge in [0.15, 0.2) is 0 Å². The minimum atomic E-state index is -0.525. The van der Waals surface area contributed by atoms with E-state index in [-0.39, 0.29) is 10.9 Å². The predicted octanol–water partition coefficient (Wildman–Crippen LogP) is 2.83. The van der Waals surface area contributed by atoms with E-state index in [9.17, 15) is 9.18 Å². The van der Waals surface area contributed by atoms with Crippen molar-refractivity contribution in [2.24, 2.45) is 5.73 Å². The summed E-state index contributed by atoms with van der Waals surface area (Å²) < 4.78 is 13.5. The molecule has 1 atom stereocenters. The predicted molar refractivity (Wildman–Crippen MR) is 75.7 cm³/mol. The summed E-state index contributed by atoms with van der Waals surface area (Å²) in [5, 5.41) is 2.80. The van der Waals surface area contributed by atoms with E-state index in [0.29, 0.717) is 18.5 Å². The SMILES string of the molecule is CCNC(=O)[C@H](CC(C)(C)N)c1ccc(Cl)c(F)c1. The van der Waals surface area contributed by atoms with Crippen LogP contribution in [0.2, 0.25) is 5.02 Å². The lowest BCUT2D eigenvalue weighted by Crippen LogP contribution is -2.39. The fraction of sp³-hybridized carbons (Fsp3) is 0.500. The van der Waals surface area contributed by atoms with Crippen LogP contribution >= 0.6 is 11.6 Å². The van der Waals surface area contributed by atoms with E-state index in [1.54, 1.807) is 6.07 Å². The van der Waals surface area contributed by atoms with Gasteiger partial charge in [0, 0.05) is 12.1 Å². The largest absolute Gasteiger partial charge is 0.356 e. The van der Waals surface area contributed by atoms with Crippen molar-refractivity contribution in [3.8, 4) is 0 Å². The van der Waals surface area contributed by atoms with Crippen LogP contribution in [-0.4, -0.2) is 18.0 Å². The monoisotopic (exact) mass is 286 g/mol. The minimum absolute atomic E-state index is 0.0467. The molecule has 1 aromatic carbocycles. The van der Waals surface area contributed by atoms with Crippen molar-refractivity contribution in [3.05, 3.63) is 34.6 Å². The van der Waals surface area contributed by atoms with Crippen molar-refractivity contribution >= 4 is 17.5 Å². The standard InChI is InChI=1S/C14H20ClFN2O/c1-4-18-13(19)10(8-14(2,3)17)9-5-6-11(15)12(16)7-9/h5-7,10H,4,8,17H2,1-3H3,(H,18,19)/t10-/m1/s1. The van der Waals surface area contributed by atoms with E-state index in [2.05, 4.69) is 5.32 Å². The first kappa shape index (κ1) is 15.9. The Hall–Kier alpha value is -1.13. The highest BCUT2D eigenvalue weighted by Gasteiger charge is 2.27. The average Bonchev–Trinajstić information content (AvgIpc) is 2.29. The second-order valence-corrected chi connectivity index (χ2v) is 5.72. The van der Waals surface area contributed by atoms with Crippen molar-refractivity contribution in [2.75, 3.05) is 6.54 Å². The Labute approximate surface area is 118 Å². The van der Waals surface area contributed by atoms with Gasteiger partial charge in [-0.05, 0) is 44.9 Å². The molecule has 0 aliphatic rings. The molecule has 0 radical (unpaired) electrons. The summed E-state index contributed by atoms with van der Waals surface area (Å²) in [5.41, 5.74) is 6.04. The molecule has 5 heteroatoms. The molecule has 0 saturated carbocycles. The third-order valence-electron chi connectivity index (χ3n) is 2.74. The minimum Gasteiger partial charge on any atom is -0.356 e. The molecule has 1 amide bonds. The van der Waals surface area contributed by atoms with Crippen LogP contribution in [0.15, 0.2) is 18.2 Å². The number of halogens is 2. The highest BCUT2D eigenvalue weighted by Crippen LogP contribution is 2.27. The molecule has 0 unspecified atom stereocenters. The highest BCUT2D eigenvalue weighted by atomic mass is 35.5. The molecule has 0 heterocycles. The molecule has 0 bridgehead atoms. The van der Waals surface area contributed by atoms with E-state index >= 15 is 0 Å². The molecule has 0 aromatic heterocycles. The summed E-state index contributed by atoms with van der Waals surface area (Å²) in [4.78, 5) is 12.1. The summed E-state index contributed by atoms with van der Waals surface area (Å²) in [6, 6.07) is 4.42. The first-order valence-electron chi connectivity index (χ1n) is 6.26. The fourth-order valence-corrected chi connectivity index (χ4v) is 2.03. The normalized spacial score (nSPS) is 13.2. The zero-order valence-electron chi connectivity index (χ0n) is 11.5. The third kappa shape index (κ3) is 4.80. The number of carbonyl (C=O) groups is 1. The first-order valence-corrected chi connectivity index (χ1v) is 6.64. The zero-order chi connectivity index (χ0) is 14.6. The lowest BCUT2D eigenvalue weighted by Gasteiger charge is -2.25. The molecule has 0 fully saturated rings. The molecular formula is C14H20ClFN2O. The number of benzene rings is 1. The van der Waals surface area contributed by atoms with Crippen LogP contribution in [0.3, 0.4) is 0 Å². The summed E-state index contributed by atoms with van der Waals surface area (Å²) in [5.74, 6) is -1.15. The molecule has 0 aliphatic heterocycles. The van der Waals surface area contributed by atoms with Gasteiger partial charge in [0.05, 0.1) is 10.9 Å². The van der Waals surface area contributed by atoms with Gasteiger partial charge in [0.25, 0.3) is 0 Å². The van der Waals surface area contributed by atoms with Crippen molar-refractivity contribution in [1.29, 1.82) is 0 Å². The first-order chi connectivity index (χ1) is 8.74. The van der Waals surface area contributed by atoms with Gasteiger partial charge in [0.2, 0.25) is 5.91 Å². The molecule has 0 aliphatic carbocycles. The molecule has 0 spiro atoms. The summed E-state index contributed by atoms with van der Waals surface area (Å²) >= 11 is 5.66. The number of likely N-dealkylation sites (N-methyl/N-ethyl adjacent to an activating group) is 1. The molecular weight excluding hydrogens is 267 g/mol. The zero-order valence-corrected chi connectivity index (χ0v) is 12.2. The van der Waals surface area contributed by atoms with Gasteiger partial charge in [-0.15, -0.1) is 0 Å². The maximum atomic E-state index is 13.5. The van der Waals surface area contributed by atoms with Crippen molar-refractivity contribution in [2.45, 2.75) is 38.6 Å². The average molecular weight is 287 g/mol. The van der Waals surface area contributed by atoms with Crippen LogP contribution in [0.5, 0.6) is 0 Å². The second-order valence-electron chi connectivity index (χ2n) is 5.31. The quantitative estimate of drug-likeness (QED) is 0.874. The molecule has 0 saturated heterocycles. The molecule has 1 aromatic rings. The number of nitrogens with two attached hydrogens (primary N) is 1. The third-order valence-corrected chi connectivity index (χ3v) is 3.05. The Morgan fingerprint density at radius 2 is 2.16 bits per heavy atom. The van der Waals surface area contributed by atoms with Crippen molar-refractivity contribution in [3.63, 3.8) is 0 Å². The van der Waals surface area contributed by atoms with Gasteiger partial charge >= 0.3 is 0 Å². The number of carbonyl (C=O) groups excluding carboxylic acids is 1. The van der Waals surface area contributed by atoms with Gasteiger partial charge in [-0.25, -0.2) is 4.39 Å². The van der Waals surface area contributed by atoms with Crippen LogP contribution in [0, 0.1) is 5.82 Å². The van der Waals surface area contributed by atoms with Gasteiger partial charge < -0.3 is 11.1 Å². The molecule has 19 heavy (non-hydrogen) atoms. The van der Waals surface area contributed by atoms with E-state index in [1.807, 2.05) is 20.8 Å². The van der Waals surface area contributed by atoms with E-state index in [1.165, 1.54) is 12.1 Å². The van der Waals surface area contributed by atoms with Gasteiger partial charge in [-0.2, -0.15) is 0 Å². The molecule has 3 nitrogen and oxygen atoms in total. The number of hydrogen-bond acceptors (Lipinski definition) is 2. The lowest BCUT2D eigenvalue weighted by molar-refractivity contribution is -0.122. The Morgan fingerprint density at radius 3 is 2.63 bits per heavy atom. The highest BCUT2D eigenvalue weighted by molar-refractivity contribution is 6.30. The van der Waals surface area contributed by atoms with E-state index in [4.69, 9.17) is 17.3 Å². The molecule has 1 rings (SSSR count). The van der Waals surface area contributed by atoms with Crippen LogP contribution < -0.4 is 11.1 Å². The van der Waals surface area contributed by atoms with Crippen LogP contribution in [0.1, 0.15) is 38.7 Å². The Kier molecular flexibility index (Phi) is 5.32. The van der Waals surface area contributed by atoms with Crippen LogP contribution in [-0.2, 0) is 4.79 Å². The Morgan fingerprint density at radius 1 is 1.53 bits per heavy atom. The van der Waals surface area contributed by atoms with Crippen LogP contribution in [0.25, 0.3) is 0 Å². The number of rotatable bonds is 5. The number of hydrogen-bond donors (Lipinski definition) is 2. The van der Waals surface area contributed by atoms with Crippen LogP contribution in [0.4, 0.5) is 4.39 Å². The summed E-state index contributed by atoms with van der Waals surface area (Å²) in [6.45, 7) is 6.04. The Balaban J connectivity index is 3.07. The maximum absolute atomic E-state index is 13.5. The van der Waals surface area contributed by atoms with Crippen molar-refractivity contribution in [1.82, 2.24) is 5.32 Å². The summed E-state index contributed by atoms with van der Waals surface area (Å²) in [6.07, 6.45) is 0.430. The summed E-state index contributed by atoms with van der Waals surface area (Å²) in [7, 11) is 0. The van der Waals surface area contributed by atoms with E-state index < -0.39 is 17.3 Å². The topological polar surface area (TPSA) is 55.1 Å².